The minimum Gasteiger partial charge on any atom is -0.375 e. The van der Waals surface area contributed by atoms with Crippen molar-refractivity contribution in [2.75, 3.05) is 7.11 Å². The molecular weight excluding hydrogens is 262 g/mol. The van der Waals surface area contributed by atoms with E-state index in [1.54, 1.807) is 7.11 Å². The molecular formula is C17H25N3O. The third kappa shape index (κ3) is 3.71. The van der Waals surface area contributed by atoms with Crippen LogP contribution in [-0.2, 0) is 24.1 Å². The molecule has 0 aliphatic heterocycles. The second-order valence-corrected chi connectivity index (χ2v) is 5.23. The van der Waals surface area contributed by atoms with Crippen molar-refractivity contribution in [1.82, 2.24) is 9.78 Å². The zero-order valence-electron chi connectivity index (χ0n) is 13.1. The maximum Gasteiger partial charge on any atom is 0.0975 e. The van der Waals surface area contributed by atoms with Gasteiger partial charge in [0, 0.05) is 31.8 Å². The summed E-state index contributed by atoms with van der Waals surface area (Å²) in [6.45, 7) is 5.09. The fraction of sp³-hybridized carbons (Fsp3) is 0.471. The zero-order chi connectivity index (χ0) is 15.2. The van der Waals surface area contributed by atoms with Crippen molar-refractivity contribution in [2.24, 2.45) is 5.73 Å². The van der Waals surface area contributed by atoms with E-state index in [2.05, 4.69) is 37.1 Å². The monoisotopic (exact) mass is 287 g/mol. The van der Waals surface area contributed by atoms with E-state index in [4.69, 9.17) is 10.5 Å². The number of methoxy groups -OCH3 is 1. The maximum atomic E-state index is 6.40. The number of nitrogens with two attached hydrogens (primary N) is 1. The second-order valence-electron chi connectivity index (χ2n) is 5.23. The molecule has 0 radical (unpaired) electrons. The minimum absolute atomic E-state index is 0.0934. The van der Waals surface area contributed by atoms with Gasteiger partial charge in [-0.25, -0.2) is 0 Å². The predicted octanol–water partition coefficient (Wildman–Crippen LogP) is 2.72. The molecule has 2 N–H and O–H groups in total. The van der Waals surface area contributed by atoms with Crippen LogP contribution in [0.15, 0.2) is 36.4 Å². The molecule has 2 atom stereocenters. The number of hydrogen-bond acceptors (Lipinski definition) is 3. The predicted molar refractivity (Wildman–Crippen MR) is 85.2 cm³/mol. The van der Waals surface area contributed by atoms with E-state index in [0.29, 0.717) is 0 Å². The molecule has 2 rings (SSSR count). The maximum absolute atomic E-state index is 6.40. The third-order valence-corrected chi connectivity index (χ3v) is 3.79. The van der Waals surface area contributed by atoms with Crippen molar-refractivity contribution in [3.05, 3.63) is 53.3 Å². The first kappa shape index (κ1) is 15.7. The molecule has 0 aliphatic carbocycles. The fourth-order valence-electron chi connectivity index (χ4n) is 2.68. The van der Waals surface area contributed by atoms with E-state index in [-0.39, 0.29) is 12.1 Å². The van der Waals surface area contributed by atoms with Crippen molar-refractivity contribution in [3.8, 4) is 0 Å². The van der Waals surface area contributed by atoms with Crippen molar-refractivity contribution in [3.63, 3.8) is 0 Å². The molecule has 0 fully saturated rings. The van der Waals surface area contributed by atoms with Gasteiger partial charge >= 0.3 is 0 Å². The molecule has 0 amide bonds. The SMILES string of the molecule is CCc1cc(CC(N)C(OC)c2ccccc2)n(CC)n1. The number of rotatable bonds is 7. The highest BCUT2D eigenvalue weighted by molar-refractivity contribution is 5.20. The number of aryl methyl sites for hydroxylation is 2. The van der Waals surface area contributed by atoms with Gasteiger partial charge < -0.3 is 10.5 Å². The van der Waals surface area contributed by atoms with Crippen LogP contribution in [0.2, 0.25) is 0 Å². The lowest BCUT2D eigenvalue weighted by Gasteiger charge is -2.23. The highest BCUT2D eigenvalue weighted by atomic mass is 16.5. The molecule has 0 spiro atoms. The minimum atomic E-state index is -0.100. The molecule has 2 unspecified atom stereocenters. The summed E-state index contributed by atoms with van der Waals surface area (Å²) >= 11 is 0. The van der Waals surface area contributed by atoms with Crippen LogP contribution in [0.1, 0.15) is 36.9 Å². The molecule has 1 aromatic heterocycles. The van der Waals surface area contributed by atoms with Crippen molar-refractivity contribution in [1.29, 1.82) is 0 Å². The highest BCUT2D eigenvalue weighted by Gasteiger charge is 2.21. The second kappa shape index (κ2) is 7.38. The first-order valence-electron chi connectivity index (χ1n) is 7.58. The summed E-state index contributed by atoms with van der Waals surface area (Å²) in [4.78, 5) is 0. The Labute approximate surface area is 126 Å². The molecule has 0 aliphatic rings. The lowest BCUT2D eigenvalue weighted by Crippen LogP contribution is -2.32. The smallest absolute Gasteiger partial charge is 0.0975 e. The van der Waals surface area contributed by atoms with E-state index in [9.17, 15) is 0 Å². The van der Waals surface area contributed by atoms with Crippen LogP contribution in [0.25, 0.3) is 0 Å². The third-order valence-electron chi connectivity index (χ3n) is 3.79. The average molecular weight is 287 g/mol. The summed E-state index contributed by atoms with van der Waals surface area (Å²) in [6, 6.07) is 12.2. The number of hydrogen-bond donors (Lipinski definition) is 1. The number of ether oxygens (including phenoxy) is 1. The van der Waals surface area contributed by atoms with E-state index in [0.717, 1.165) is 30.6 Å². The topological polar surface area (TPSA) is 53.1 Å². The highest BCUT2D eigenvalue weighted by Crippen LogP contribution is 2.22. The molecule has 21 heavy (non-hydrogen) atoms. The number of nitrogens with zero attached hydrogens (tertiary/aromatic N) is 2. The van der Waals surface area contributed by atoms with Gasteiger partial charge in [-0.3, -0.25) is 4.68 Å². The van der Waals surface area contributed by atoms with Gasteiger partial charge in [0.25, 0.3) is 0 Å². The molecule has 4 heteroatoms. The van der Waals surface area contributed by atoms with Gasteiger partial charge in [0.1, 0.15) is 0 Å². The Morgan fingerprint density at radius 1 is 1.24 bits per heavy atom. The molecule has 0 saturated heterocycles. The van der Waals surface area contributed by atoms with Crippen LogP contribution in [0.3, 0.4) is 0 Å². The summed E-state index contributed by atoms with van der Waals surface area (Å²) in [6.07, 6.45) is 1.60. The Kier molecular flexibility index (Phi) is 5.53. The number of benzene rings is 1. The van der Waals surface area contributed by atoms with E-state index < -0.39 is 0 Å². The van der Waals surface area contributed by atoms with E-state index in [1.165, 1.54) is 5.69 Å². The van der Waals surface area contributed by atoms with Gasteiger partial charge in [-0.1, -0.05) is 37.3 Å². The first-order valence-corrected chi connectivity index (χ1v) is 7.58. The quantitative estimate of drug-likeness (QED) is 0.852. The lowest BCUT2D eigenvalue weighted by molar-refractivity contribution is 0.0796. The van der Waals surface area contributed by atoms with Crippen LogP contribution >= 0.6 is 0 Å². The molecule has 0 bridgehead atoms. The lowest BCUT2D eigenvalue weighted by atomic mass is 9.99. The molecule has 2 aromatic rings. The van der Waals surface area contributed by atoms with Gasteiger partial charge in [-0.2, -0.15) is 5.10 Å². The molecule has 4 nitrogen and oxygen atoms in total. The van der Waals surface area contributed by atoms with Gasteiger partial charge in [0.2, 0.25) is 0 Å². The Hall–Kier alpha value is -1.65. The summed E-state index contributed by atoms with van der Waals surface area (Å²) in [5.74, 6) is 0. The van der Waals surface area contributed by atoms with Crippen molar-refractivity contribution >= 4 is 0 Å². The molecule has 0 saturated carbocycles. The standard InChI is InChI=1S/C17H25N3O/c1-4-14-11-15(20(5-2)19-14)12-16(18)17(21-3)13-9-7-6-8-10-13/h6-11,16-17H,4-5,12,18H2,1-3H3. The largest absolute Gasteiger partial charge is 0.375 e. The zero-order valence-corrected chi connectivity index (χ0v) is 13.1. The fourth-order valence-corrected chi connectivity index (χ4v) is 2.68. The van der Waals surface area contributed by atoms with Crippen molar-refractivity contribution < 1.29 is 4.74 Å². The Bertz CT molecular complexity index is 550. The Morgan fingerprint density at radius 3 is 2.52 bits per heavy atom. The molecule has 114 valence electrons. The Balaban J connectivity index is 2.16. The molecule has 1 heterocycles. The average Bonchev–Trinajstić information content (AvgIpc) is 2.91. The summed E-state index contributed by atoms with van der Waals surface area (Å²) in [5, 5.41) is 4.58. The van der Waals surface area contributed by atoms with E-state index in [1.807, 2.05) is 22.9 Å². The molecule has 1 aromatic carbocycles. The Morgan fingerprint density at radius 2 is 1.95 bits per heavy atom. The summed E-state index contributed by atoms with van der Waals surface area (Å²) < 4.78 is 7.66. The van der Waals surface area contributed by atoms with Crippen LogP contribution < -0.4 is 5.73 Å². The summed E-state index contributed by atoms with van der Waals surface area (Å²) in [7, 11) is 1.71. The number of aromatic nitrogens is 2. The van der Waals surface area contributed by atoms with Crippen LogP contribution in [0.4, 0.5) is 0 Å². The first-order chi connectivity index (χ1) is 10.2. The van der Waals surface area contributed by atoms with Gasteiger partial charge in [-0.05, 0) is 25.0 Å². The van der Waals surface area contributed by atoms with Gasteiger partial charge in [0.15, 0.2) is 0 Å². The van der Waals surface area contributed by atoms with Gasteiger partial charge in [-0.15, -0.1) is 0 Å². The van der Waals surface area contributed by atoms with Crippen LogP contribution in [-0.4, -0.2) is 22.9 Å². The van der Waals surface area contributed by atoms with Crippen molar-refractivity contribution in [2.45, 2.75) is 45.4 Å². The van der Waals surface area contributed by atoms with Crippen LogP contribution in [0, 0.1) is 0 Å². The van der Waals surface area contributed by atoms with Gasteiger partial charge in [0.05, 0.1) is 11.8 Å². The van der Waals surface area contributed by atoms with Crippen LogP contribution in [0.5, 0.6) is 0 Å². The van der Waals surface area contributed by atoms with E-state index >= 15 is 0 Å². The summed E-state index contributed by atoms with van der Waals surface area (Å²) in [5.41, 5.74) is 9.82. The normalized spacial score (nSPS) is 14.1.